The van der Waals surface area contributed by atoms with Gasteiger partial charge in [0.05, 0.1) is 6.26 Å². The molecule has 1 N–H and O–H groups in total. The molecule has 1 fully saturated rings. The molecule has 1 aliphatic rings. The summed E-state index contributed by atoms with van der Waals surface area (Å²) in [5.74, 6) is 0.900. The van der Waals surface area contributed by atoms with Crippen LogP contribution in [0.4, 0.5) is 0 Å². The van der Waals surface area contributed by atoms with Crippen molar-refractivity contribution in [1.82, 2.24) is 10.2 Å². The fraction of sp³-hybridized carbons (Fsp3) is 0.714. The number of ether oxygens (including phenoxy) is 1. The molecule has 2 rings (SSSR count). The van der Waals surface area contributed by atoms with Crippen LogP contribution in [-0.4, -0.2) is 44.2 Å². The van der Waals surface area contributed by atoms with E-state index in [1.165, 1.54) is 25.9 Å². The molecule has 1 aromatic heterocycles. The summed E-state index contributed by atoms with van der Waals surface area (Å²) in [7, 11) is 2.19. The van der Waals surface area contributed by atoms with Crippen LogP contribution < -0.4 is 5.32 Å². The fourth-order valence-corrected chi connectivity index (χ4v) is 2.38. The van der Waals surface area contributed by atoms with Gasteiger partial charge in [0.25, 0.3) is 0 Å². The number of likely N-dealkylation sites (N-methyl/N-ethyl adjacent to an activating group) is 1. The molecule has 0 bridgehead atoms. The maximum absolute atomic E-state index is 5.54. The second kappa shape index (κ2) is 7.56. The van der Waals surface area contributed by atoms with Crippen molar-refractivity contribution >= 4 is 0 Å². The minimum Gasteiger partial charge on any atom is -0.467 e. The third-order valence-corrected chi connectivity index (χ3v) is 3.35. The lowest BCUT2D eigenvalue weighted by molar-refractivity contribution is 0.103. The van der Waals surface area contributed by atoms with Crippen molar-refractivity contribution in [3.8, 4) is 0 Å². The first-order valence-electron chi connectivity index (χ1n) is 6.86. The molecular formula is C14H24N2O2. The van der Waals surface area contributed by atoms with Gasteiger partial charge in [0.1, 0.15) is 12.4 Å². The third kappa shape index (κ3) is 4.80. The van der Waals surface area contributed by atoms with Crippen molar-refractivity contribution in [2.45, 2.75) is 31.9 Å². The third-order valence-electron chi connectivity index (χ3n) is 3.35. The Bertz CT molecular complexity index is 314. The molecule has 1 atom stereocenters. The Morgan fingerprint density at radius 2 is 2.50 bits per heavy atom. The molecule has 1 unspecified atom stereocenters. The summed E-state index contributed by atoms with van der Waals surface area (Å²) in [5.41, 5.74) is 0. The molecule has 18 heavy (non-hydrogen) atoms. The maximum atomic E-state index is 5.54. The predicted octanol–water partition coefficient (Wildman–Crippen LogP) is 1.87. The monoisotopic (exact) mass is 252 g/mol. The van der Waals surface area contributed by atoms with E-state index in [0.29, 0.717) is 12.6 Å². The lowest BCUT2D eigenvalue weighted by Crippen LogP contribution is -2.44. The standard InChI is InChI=1S/C14H24N2O2/c1-16-8-2-5-13(11-16)15-7-4-9-17-12-14-6-3-10-18-14/h3,6,10,13,15H,2,4-5,7-9,11-12H2,1H3. The van der Waals surface area contributed by atoms with Gasteiger partial charge < -0.3 is 19.4 Å². The molecule has 0 saturated carbocycles. The molecule has 0 amide bonds. The highest BCUT2D eigenvalue weighted by Crippen LogP contribution is 2.07. The van der Waals surface area contributed by atoms with Crippen molar-refractivity contribution in [2.24, 2.45) is 0 Å². The van der Waals surface area contributed by atoms with Crippen LogP contribution >= 0.6 is 0 Å². The first-order valence-corrected chi connectivity index (χ1v) is 6.86. The molecule has 4 nitrogen and oxygen atoms in total. The van der Waals surface area contributed by atoms with Crippen molar-refractivity contribution in [3.63, 3.8) is 0 Å². The molecule has 0 spiro atoms. The van der Waals surface area contributed by atoms with E-state index in [-0.39, 0.29) is 0 Å². The average Bonchev–Trinajstić information content (AvgIpc) is 2.87. The van der Waals surface area contributed by atoms with Gasteiger partial charge in [-0.25, -0.2) is 0 Å². The van der Waals surface area contributed by atoms with Crippen LogP contribution in [0.15, 0.2) is 22.8 Å². The van der Waals surface area contributed by atoms with Gasteiger partial charge >= 0.3 is 0 Å². The molecule has 1 aromatic rings. The van der Waals surface area contributed by atoms with E-state index >= 15 is 0 Å². The average molecular weight is 252 g/mol. The number of rotatable bonds is 7. The number of likely N-dealkylation sites (tertiary alicyclic amines) is 1. The summed E-state index contributed by atoms with van der Waals surface area (Å²) < 4.78 is 10.7. The molecule has 1 saturated heterocycles. The summed E-state index contributed by atoms with van der Waals surface area (Å²) in [5, 5.41) is 3.60. The highest BCUT2D eigenvalue weighted by molar-refractivity contribution is 4.95. The Balaban J connectivity index is 1.46. The van der Waals surface area contributed by atoms with Crippen LogP contribution in [0.25, 0.3) is 0 Å². The zero-order valence-corrected chi connectivity index (χ0v) is 11.2. The molecule has 0 aromatic carbocycles. The zero-order chi connectivity index (χ0) is 12.6. The zero-order valence-electron chi connectivity index (χ0n) is 11.2. The van der Waals surface area contributed by atoms with Gasteiger partial charge in [-0.05, 0) is 51.5 Å². The van der Waals surface area contributed by atoms with E-state index in [1.807, 2.05) is 12.1 Å². The number of hydrogen-bond acceptors (Lipinski definition) is 4. The Morgan fingerprint density at radius 1 is 1.56 bits per heavy atom. The van der Waals surface area contributed by atoms with E-state index in [0.717, 1.165) is 25.3 Å². The molecule has 4 heteroatoms. The van der Waals surface area contributed by atoms with Crippen molar-refractivity contribution in [3.05, 3.63) is 24.2 Å². The second-order valence-corrected chi connectivity index (χ2v) is 5.04. The first kappa shape index (κ1) is 13.6. The molecule has 0 radical (unpaired) electrons. The van der Waals surface area contributed by atoms with E-state index < -0.39 is 0 Å². The summed E-state index contributed by atoms with van der Waals surface area (Å²) in [6.45, 7) is 4.82. The van der Waals surface area contributed by atoms with Gasteiger partial charge in [-0.15, -0.1) is 0 Å². The van der Waals surface area contributed by atoms with Gasteiger partial charge in [-0.2, -0.15) is 0 Å². The predicted molar refractivity (Wildman–Crippen MR) is 71.5 cm³/mol. The number of piperidine rings is 1. The number of furan rings is 1. The number of hydrogen-bond donors (Lipinski definition) is 1. The van der Waals surface area contributed by atoms with Gasteiger partial charge in [-0.3, -0.25) is 0 Å². The Hall–Kier alpha value is -0.840. The van der Waals surface area contributed by atoms with E-state index in [2.05, 4.69) is 17.3 Å². The fourth-order valence-electron chi connectivity index (χ4n) is 2.38. The highest BCUT2D eigenvalue weighted by atomic mass is 16.5. The summed E-state index contributed by atoms with van der Waals surface area (Å²) >= 11 is 0. The van der Waals surface area contributed by atoms with Crippen molar-refractivity contribution < 1.29 is 9.15 Å². The molecular weight excluding hydrogens is 228 g/mol. The van der Waals surface area contributed by atoms with Crippen LogP contribution in [0.2, 0.25) is 0 Å². The van der Waals surface area contributed by atoms with Gasteiger partial charge in [0, 0.05) is 19.2 Å². The first-order chi connectivity index (χ1) is 8.84. The van der Waals surface area contributed by atoms with Crippen LogP contribution in [0.3, 0.4) is 0 Å². The SMILES string of the molecule is CN1CCCC(NCCCOCc2ccco2)C1. The minimum atomic E-state index is 0.583. The molecule has 0 aliphatic carbocycles. The summed E-state index contributed by atoms with van der Waals surface area (Å²) in [6, 6.07) is 4.49. The Kier molecular flexibility index (Phi) is 5.71. The summed E-state index contributed by atoms with van der Waals surface area (Å²) in [6.07, 6.45) is 5.35. The largest absolute Gasteiger partial charge is 0.467 e. The lowest BCUT2D eigenvalue weighted by atomic mass is 10.1. The quantitative estimate of drug-likeness (QED) is 0.752. The lowest BCUT2D eigenvalue weighted by Gasteiger charge is -2.30. The van der Waals surface area contributed by atoms with E-state index in [1.54, 1.807) is 6.26 Å². The minimum absolute atomic E-state index is 0.583. The van der Waals surface area contributed by atoms with E-state index in [4.69, 9.17) is 9.15 Å². The molecule has 2 heterocycles. The summed E-state index contributed by atoms with van der Waals surface area (Å²) in [4.78, 5) is 2.40. The molecule has 102 valence electrons. The van der Waals surface area contributed by atoms with Crippen LogP contribution in [0.5, 0.6) is 0 Å². The van der Waals surface area contributed by atoms with Crippen molar-refractivity contribution in [1.29, 1.82) is 0 Å². The van der Waals surface area contributed by atoms with Crippen molar-refractivity contribution in [2.75, 3.05) is 33.3 Å². The number of nitrogens with zero attached hydrogens (tertiary/aromatic N) is 1. The number of nitrogens with one attached hydrogen (secondary N) is 1. The van der Waals surface area contributed by atoms with Gasteiger partial charge in [-0.1, -0.05) is 0 Å². The van der Waals surface area contributed by atoms with Gasteiger partial charge in [0.2, 0.25) is 0 Å². The van der Waals surface area contributed by atoms with Crippen LogP contribution in [0, 0.1) is 0 Å². The second-order valence-electron chi connectivity index (χ2n) is 5.04. The van der Waals surface area contributed by atoms with Gasteiger partial charge in [0.15, 0.2) is 0 Å². The normalized spacial score (nSPS) is 21.3. The highest BCUT2D eigenvalue weighted by Gasteiger charge is 2.15. The smallest absolute Gasteiger partial charge is 0.129 e. The Morgan fingerprint density at radius 3 is 3.28 bits per heavy atom. The van der Waals surface area contributed by atoms with E-state index in [9.17, 15) is 0 Å². The van der Waals surface area contributed by atoms with Crippen LogP contribution in [0.1, 0.15) is 25.0 Å². The van der Waals surface area contributed by atoms with Crippen LogP contribution in [-0.2, 0) is 11.3 Å². The maximum Gasteiger partial charge on any atom is 0.129 e. The Labute approximate surface area is 109 Å². The topological polar surface area (TPSA) is 37.6 Å². The molecule has 1 aliphatic heterocycles.